The molecule has 1 rings (SSSR count). The highest BCUT2D eigenvalue weighted by Gasteiger charge is 2.08. The maximum Gasteiger partial charge on any atom is 0.0691 e. The van der Waals surface area contributed by atoms with Gasteiger partial charge in [-0.05, 0) is 32.4 Å². The van der Waals surface area contributed by atoms with E-state index in [1.54, 1.807) is 0 Å². The predicted molar refractivity (Wildman–Crippen MR) is 59.5 cm³/mol. The number of piperidine rings is 1. The summed E-state index contributed by atoms with van der Waals surface area (Å²) in [6, 6.07) is 0. The lowest BCUT2D eigenvalue weighted by Crippen LogP contribution is -2.31. The Labute approximate surface area is 92.8 Å². The quantitative estimate of drug-likeness (QED) is 0.590. The lowest BCUT2D eigenvalue weighted by atomic mass is 10.1. The summed E-state index contributed by atoms with van der Waals surface area (Å²) >= 11 is 0. The van der Waals surface area contributed by atoms with Crippen LogP contribution >= 0.6 is 24.8 Å². The van der Waals surface area contributed by atoms with Gasteiger partial charge < -0.3 is 9.74 Å². The fourth-order valence-electron chi connectivity index (χ4n) is 1.55. The normalized spacial score (nSPS) is 17.3. The Balaban J connectivity index is 0. The molecule has 0 spiro atoms. The highest BCUT2D eigenvalue weighted by molar-refractivity contribution is 5.85. The van der Waals surface area contributed by atoms with E-state index in [0.717, 1.165) is 13.0 Å². The second-order valence-corrected chi connectivity index (χ2v) is 3.13. The zero-order valence-electron chi connectivity index (χ0n) is 7.91. The van der Waals surface area contributed by atoms with Crippen LogP contribution in [0.3, 0.4) is 0 Å². The molecule has 1 fully saturated rings. The Morgan fingerprint density at radius 1 is 1.08 bits per heavy atom. The summed E-state index contributed by atoms with van der Waals surface area (Å²) in [6.07, 6.45) is 5.20. The van der Waals surface area contributed by atoms with Crippen molar-refractivity contribution in [3.05, 3.63) is 0 Å². The maximum atomic E-state index is 4.93. The van der Waals surface area contributed by atoms with Gasteiger partial charge in [0.1, 0.15) is 0 Å². The Hall–Kier alpha value is 0.460. The fraction of sp³-hybridized carbons (Fsp3) is 1.00. The molecule has 1 aliphatic heterocycles. The van der Waals surface area contributed by atoms with Gasteiger partial charge in [-0.1, -0.05) is 6.42 Å². The molecule has 0 aromatic carbocycles. The van der Waals surface area contributed by atoms with Crippen molar-refractivity contribution in [3.8, 4) is 0 Å². The molecule has 82 valence electrons. The van der Waals surface area contributed by atoms with Crippen LogP contribution in [0.25, 0.3) is 0 Å². The number of halogens is 2. The summed E-state index contributed by atoms with van der Waals surface area (Å²) in [5.41, 5.74) is 0. The molecule has 1 aliphatic rings. The van der Waals surface area contributed by atoms with Crippen LogP contribution < -0.4 is 5.90 Å². The van der Waals surface area contributed by atoms with Gasteiger partial charge in [0.2, 0.25) is 0 Å². The molecule has 3 nitrogen and oxygen atoms in total. The molecule has 5 heteroatoms. The number of rotatable bonds is 4. The lowest BCUT2D eigenvalue weighted by molar-refractivity contribution is 0.119. The van der Waals surface area contributed by atoms with Gasteiger partial charge >= 0.3 is 0 Å². The number of hydrogen-bond acceptors (Lipinski definition) is 3. The van der Waals surface area contributed by atoms with Gasteiger partial charge in [0.05, 0.1) is 6.61 Å². The van der Waals surface area contributed by atoms with Crippen LogP contribution in [-0.2, 0) is 4.84 Å². The molecule has 0 aromatic heterocycles. The van der Waals surface area contributed by atoms with Crippen molar-refractivity contribution in [2.45, 2.75) is 25.7 Å². The molecule has 0 aliphatic carbocycles. The van der Waals surface area contributed by atoms with Crippen LogP contribution in [0.4, 0.5) is 0 Å². The third kappa shape index (κ3) is 7.52. The lowest BCUT2D eigenvalue weighted by Gasteiger charge is -2.25. The molecular weight excluding hydrogens is 211 g/mol. The molecule has 2 N–H and O–H groups in total. The van der Waals surface area contributed by atoms with E-state index in [2.05, 4.69) is 9.74 Å². The topological polar surface area (TPSA) is 38.5 Å². The third-order valence-electron chi connectivity index (χ3n) is 2.19. The highest BCUT2D eigenvalue weighted by Crippen LogP contribution is 2.08. The zero-order chi connectivity index (χ0) is 7.94. The molecule has 0 unspecified atom stereocenters. The van der Waals surface area contributed by atoms with Crippen LogP contribution in [0.5, 0.6) is 0 Å². The van der Waals surface area contributed by atoms with Crippen LogP contribution in [-0.4, -0.2) is 31.1 Å². The molecule has 13 heavy (non-hydrogen) atoms. The second-order valence-electron chi connectivity index (χ2n) is 3.13. The van der Waals surface area contributed by atoms with E-state index in [1.807, 2.05) is 0 Å². The van der Waals surface area contributed by atoms with Crippen molar-refractivity contribution in [3.63, 3.8) is 0 Å². The second kappa shape index (κ2) is 10.5. The Bertz CT molecular complexity index is 100. The molecule has 1 saturated heterocycles. The number of likely N-dealkylation sites (tertiary alicyclic amines) is 1. The summed E-state index contributed by atoms with van der Waals surface area (Å²) in [5.74, 6) is 4.93. The van der Waals surface area contributed by atoms with Crippen LogP contribution in [0.15, 0.2) is 0 Å². The molecule has 0 saturated carbocycles. The van der Waals surface area contributed by atoms with Crippen molar-refractivity contribution in [1.82, 2.24) is 4.90 Å². The predicted octanol–water partition coefficient (Wildman–Crippen LogP) is 1.60. The minimum absolute atomic E-state index is 0. The van der Waals surface area contributed by atoms with Crippen molar-refractivity contribution in [1.29, 1.82) is 0 Å². The van der Waals surface area contributed by atoms with Gasteiger partial charge in [0.25, 0.3) is 0 Å². The van der Waals surface area contributed by atoms with E-state index in [1.165, 1.54) is 32.4 Å². The largest absolute Gasteiger partial charge is 0.305 e. The van der Waals surface area contributed by atoms with Gasteiger partial charge in [-0.3, -0.25) is 0 Å². The van der Waals surface area contributed by atoms with Gasteiger partial charge in [0.15, 0.2) is 0 Å². The van der Waals surface area contributed by atoms with E-state index in [4.69, 9.17) is 5.90 Å². The number of nitrogens with zero attached hydrogens (tertiary/aromatic N) is 1. The smallest absolute Gasteiger partial charge is 0.0691 e. The van der Waals surface area contributed by atoms with Gasteiger partial charge in [0, 0.05) is 6.54 Å². The molecule has 0 bridgehead atoms. The summed E-state index contributed by atoms with van der Waals surface area (Å²) in [5, 5.41) is 0. The minimum atomic E-state index is 0. The SMILES string of the molecule is Cl.Cl.NOCCCN1CCCCC1. The first-order valence-electron chi connectivity index (χ1n) is 4.47. The van der Waals surface area contributed by atoms with Gasteiger partial charge in [-0.15, -0.1) is 24.8 Å². The molecule has 0 radical (unpaired) electrons. The average molecular weight is 231 g/mol. The van der Waals surface area contributed by atoms with Gasteiger partial charge in [-0.2, -0.15) is 0 Å². The first-order valence-corrected chi connectivity index (χ1v) is 4.47. The van der Waals surface area contributed by atoms with Crippen molar-refractivity contribution >= 4 is 24.8 Å². The van der Waals surface area contributed by atoms with E-state index in [-0.39, 0.29) is 24.8 Å². The fourth-order valence-corrected chi connectivity index (χ4v) is 1.55. The standard InChI is InChI=1S/C8H18N2O.2ClH/c9-11-8-4-7-10-5-2-1-3-6-10;;/h1-9H2;2*1H. The van der Waals surface area contributed by atoms with Crippen LogP contribution in [0.2, 0.25) is 0 Å². The summed E-state index contributed by atoms with van der Waals surface area (Å²) < 4.78 is 0. The Morgan fingerprint density at radius 2 is 1.69 bits per heavy atom. The maximum absolute atomic E-state index is 4.93. The van der Waals surface area contributed by atoms with E-state index < -0.39 is 0 Å². The van der Waals surface area contributed by atoms with E-state index >= 15 is 0 Å². The number of nitrogens with two attached hydrogens (primary N) is 1. The molecule has 0 atom stereocenters. The molecule has 1 heterocycles. The average Bonchev–Trinajstić information content (AvgIpc) is 2.07. The van der Waals surface area contributed by atoms with Crippen molar-refractivity contribution in [2.75, 3.05) is 26.2 Å². The molecular formula is C8H20Cl2N2O. The van der Waals surface area contributed by atoms with Crippen molar-refractivity contribution < 1.29 is 4.84 Å². The summed E-state index contributed by atoms with van der Waals surface area (Å²) in [7, 11) is 0. The Kier molecular flexibility index (Phi) is 12.9. The summed E-state index contributed by atoms with van der Waals surface area (Å²) in [6.45, 7) is 4.38. The van der Waals surface area contributed by atoms with Gasteiger partial charge in [-0.25, -0.2) is 5.90 Å². The minimum Gasteiger partial charge on any atom is -0.305 e. The number of hydrogen-bond donors (Lipinski definition) is 1. The first kappa shape index (κ1) is 15.9. The third-order valence-corrected chi connectivity index (χ3v) is 2.19. The first-order chi connectivity index (χ1) is 5.43. The highest BCUT2D eigenvalue weighted by atomic mass is 35.5. The van der Waals surface area contributed by atoms with Crippen molar-refractivity contribution in [2.24, 2.45) is 5.90 Å². The van der Waals surface area contributed by atoms with Crippen LogP contribution in [0.1, 0.15) is 25.7 Å². The zero-order valence-corrected chi connectivity index (χ0v) is 9.54. The Morgan fingerprint density at radius 3 is 2.23 bits per heavy atom. The van der Waals surface area contributed by atoms with E-state index in [0.29, 0.717) is 6.61 Å². The molecule has 0 amide bonds. The van der Waals surface area contributed by atoms with Crippen LogP contribution in [0, 0.1) is 0 Å². The monoisotopic (exact) mass is 230 g/mol. The molecule has 0 aromatic rings. The van der Waals surface area contributed by atoms with E-state index in [9.17, 15) is 0 Å². The summed E-state index contributed by atoms with van der Waals surface area (Å²) in [4.78, 5) is 6.99.